The Kier molecular flexibility index (Phi) is 6.00. The van der Waals surface area contributed by atoms with Gasteiger partial charge in [-0.3, -0.25) is 9.59 Å². The monoisotopic (exact) mass is 368 g/mol. The third kappa shape index (κ3) is 5.41. The van der Waals surface area contributed by atoms with Gasteiger partial charge in [0.15, 0.2) is 6.10 Å². The Labute approximate surface area is 158 Å². The van der Waals surface area contributed by atoms with E-state index in [0.29, 0.717) is 5.69 Å². The number of amides is 2. The predicted molar refractivity (Wildman–Crippen MR) is 104 cm³/mol. The van der Waals surface area contributed by atoms with Crippen LogP contribution in [0.3, 0.4) is 0 Å². The van der Waals surface area contributed by atoms with Gasteiger partial charge in [0.2, 0.25) is 5.91 Å². The van der Waals surface area contributed by atoms with Gasteiger partial charge in [0.1, 0.15) is 0 Å². The molecule has 2 aromatic carbocycles. The molecule has 0 aliphatic rings. The first kappa shape index (κ1) is 20.2. The minimum atomic E-state index is -0.976. The number of carbonyl (C=O) groups is 3. The Bertz CT molecular complexity index is 834. The molecule has 0 aliphatic heterocycles. The van der Waals surface area contributed by atoms with Crippen LogP contribution in [0.5, 0.6) is 0 Å². The third-order valence-corrected chi connectivity index (χ3v) is 4.08. The van der Waals surface area contributed by atoms with Crippen molar-refractivity contribution in [2.24, 2.45) is 5.73 Å². The van der Waals surface area contributed by atoms with Crippen molar-refractivity contribution in [3.63, 3.8) is 0 Å². The van der Waals surface area contributed by atoms with Crippen LogP contribution in [0.4, 0.5) is 5.69 Å². The number of benzene rings is 2. The fraction of sp³-hybridized carbons (Fsp3) is 0.286. The van der Waals surface area contributed by atoms with Gasteiger partial charge in [-0.05, 0) is 54.3 Å². The van der Waals surface area contributed by atoms with E-state index in [1.165, 1.54) is 31.2 Å². The van der Waals surface area contributed by atoms with Crippen molar-refractivity contribution in [2.75, 3.05) is 5.32 Å². The summed E-state index contributed by atoms with van der Waals surface area (Å²) in [6, 6.07) is 13.3. The number of nitrogens with two attached hydrogens (primary N) is 1. The van der Waals surface area contributed by atoms with Gasteiger partial charge in [-0.1, -0.05) is 32.9 Å². The molecule has 6 nitrogen and oxygen atoms in total. The summed E-state index contributed by atoms with van der Waals surface area (Å²) in [5, 5.41) is 2.72. The summed E-state index contributed by atoms with van der Waals surface area (Å²) >= 11 is 0. The molecule has 6 heteroatoms. The Morgan fingerprint density at radius 2 is 1.44 bits per heavy atom. The number of primary amides is 1. The average molecular weight is 368 g/mol. The van der Waals surface area contributed by atoms with Gasteiger partial charge in [0, 0.05) is 11.3 Å². The van der Waals surface area contributed by atoms with Crippen LogP contribution in [-0.2, 0) is 14.9 Å². The molecule has 27 heavy (non-hydrogen) atoms. The van der Waals surface area contributed by atoms with Crippen molar-refractivity contribution in [3.05, 3.63) is 65.2 Å². The molecule has 1 unspecified atom stereocenters. The van der Waals surface area contributed by atoms with E-state index in [1.807, 2.05) is 24.3 Å². The van der Waals surface area contributed by atoms with Gasteiger partial charge < -0.3 is 15.8 Å². The fourth-order valence-corrected chi connectivity index (χ4v) is 2.35. The first-order chi connectivity index (χ1) is 12.6. The van der Waals surface area contributed by atoms with Crippen molar-refractivity contribution in [2.45, 2.75) is 39.2 Å². The predicted octanol–water partition coefficient (Wildman–Crippen LogP) is 3.27. The minimum Gasteiger partial charge on any atom is -0.449 e. The van der Waals surface area contributed by atoms with Crippen LogP contribution in [0, 0.1) is 0 Å². The first-order valence-corrected chi connectivity index (χ1v) is 8.60. The third-order valence-electron chi connectivity index (χ3n) is 4.08. The van der Waals surface area contributed by atoms with Crippen molar-refractivity contribution in [3.8, 4) is 0 Å². The molecule has 142 valence electrons. The zero-order chi connectivity index (χ0) is 20.2. The summed E-state index contributed by atoms with van der Waals surface area (Å²) in [6.45, 7) is 7.82. The lowest BCUT2D eigenvalue weighted by Crippen LogP contribution is -2.30. The Hall–Kier alpha value is -3.15. The summed E-state index contributed by atoms with van der Waals surface area (Å²) in [5.74, 6) is -1.67. The summed E-state index contributed by atoms with van der Waals surface area (Å²) < 4.78 is 5.18. The normalized spacial score (nSPS) is 12.1. The molecule has 0 fully saturated rings. The van der Waals surface area contributed by atoms with E-state index in [0.717, 1.165) is 5.56 Å². The number of hydrogen-bond acceptors (Lipinski definition) is 4. The summed E-state index contributed by atoms with van der Waals surface area (Å²) in [5.41, 5.74) is 7.48. The highest BCUT2D eigenvalue weighted by molar-refractivity contribution is 5.98. The van der Waals surface area contributed by atoms with Gasteiger partial charge in [0.05, 0.1) is 5.56 Å². The van der Waals surface area contributed by atoms with Crippen LogP contribution < -0.4 is 11.1 Å². The number of anilines is 1. The number of hydrogen-bond donors (Lipinski definition) is 2. The van der Waals surface area contributed by atoms with E-state index < -0.39 is 23.9 Å². The zero-order valence-electron chi connectivity index (χ0n) is 15.9. The molecule has 0 aliphatic carbocycles. The van der Waals surface area contributed by atoms with Crippen LogP contribution in [0.15, 0.2) is 48.5 Å². The SMILES string of the molecule is CC(OC(=O)c1ccc(C(N)=O)cc1)C(=O)Nc1ccc(C(C)(C)C)cc1. The standard InChI is InChI=1S/C21H24N2O4/c1-13(27-20(26)15-7-5-14(6-8-15)18(22)24)19(25)23-17-11-9-16(10-12-17)21(2,3)4/h5-13H,1-4H3,(H2,22,24)(H,23,25). The van der Waals surface area contributed by atoms with Crippen LogP contribution in [-0.4, -0.2) is 23.9 Å². The molecule has 0 spiro atoms. The zero-order valence-corrected chi connectivity index (χ0v) is 15.9. The second-order valence-corrected chi connectivity index (χ2v) is 7.31. The summed E-state index contributed by atoms with van der Waals surface area (Å²) in [6.07, 6.45) is -0.976. The van der Waals surface area contributed by atoms with Crippen LogP contribution in [0.25, 0.3) is 0 Å². The summed E-state index contributed by atoms with van der Waals surface area (Å²) in [4.78, 5) is 35.4. The van der Waals surface area contributed by atoms with Gasteiger partial charge in [0.25, 0.3) is 5.91 Å². The van der Waals surface area contributed by atoms with Gasteiger partial charge in [-0.15, -0.1) is 0 Å². The van der Waals surface area contributed by atoms with E-state index >= 15 is 0 Å². The quantitative estimate of drug-likeness (QED) is 0.791. The van der Waals surface area contributed by atoms with E-state index in [1.54, 1.807) is 0 Å². The molecular formula is C21H24N2O4. The van der Waals surface area contributed by atoms with E-state index in [4.69, 9.17) is 10.5 Å². The highest BCUT2D eigenvalue weighted by Gasteiger charge is 2.20. The smallest absolute Gasteiger partial charge is 0.338 e. The summed E-state index contributed by atoms with van der Waals surface area (Å²) in [7, 11) is 0. The van der Waals surface area contributed by atoms with Crippen LogP contribution in [0.1, 0.15) is 54.0 Å². The minimum absolute atomic E-state index is 0.0232. The topological polar surface area (TPSA) is 98.5 Å². The fourth-order valence-electron chi connectivity index (χ4n) is 2.35. The van der Waals surface area contributed by atoms with Crippen LogP contribution in [0.2, 0.25) is 0 Å². The highest BCUT2D eigenvalue weighted by Crippen LogP contribution is 2.23. The second-order valence-electron chi connectivity index (χ2n) is 7.31. The van der Waals surface area contributed by atoms with Crippen molar-refractivity contribution in [1.29, 1.82) is 0 Å². The Balaban J connectivity index is 1.96. The lowest BCUT2D eigenvalue weighted by atomic mass is 9.87. The molecule has 2 rings (SSSR count). The first-order valence-electron chi connectivity index (χ1n) is 8.60. The van der Waals surface area contributed by atoms with Gasteiger partial charge in [-0.25, -0.2) is 4.79 Å². The van der Waals surface area contributed by atoms with E-state index in [2.05, 4.69) is 26.1 Å². The highest BCUT2D eigenvalue weighted by atomic mass is 16.5. The molecule has 0 saturated heterocycles. The maximum absolute atomic E-state index is 12.3. The largest absolute Gasteiger partial charge is 0.449 e. The Morgan fingerprint density at radius 3 is 1.93 bits per heavy atom. The number of rotatable bonds is 5. The molecule has 0 bridgehead atoms. The van der Waals surface area contributed by atoms with E-state index in [-0.39, 0.29) is 16.5 Å². The molecule has 3 N–H and O–H groups in total. The molecule has 0 heterocycles. The van der Waals surface area contributed by atoms with E-state index in [9.17, 15) is 14.4 Å². The van der Waals surface area contributed by atoms with Gasteiger partial charge in [-0.2, -0.15) is 0 Å². The van der Waals surface area contributed by atoms with Gasteiger partial charge >= 0.3 is 5.97 Å². The molecule has 0 radical (unpaired) electrons. The lowest BCUT2D eigenvalue weighted by molar-refractivity contribution is -0.123. The van der Waals surface area contributed by atoms with Crippen molar-refractivity contribution < 1.29 is 19.1 Å². The molecule has 2 amide bonds. The Morgan fingerprint density at radius 1 is 0.926 bits per heavy atom. The maximum atomic E-state index is 12.3. The number of nitrogens with one attached hydrogen (secondary N) is 1. The number of carbonyl (C=O) groups excluding carboxylic acids is 3. The number of ether oxygens (including phenoxy) is 1. The van der Waals surface area contributed by atoms with Crippen molar-refractivity contribution in [1.82, 2.24) is 0 Å². The molecule has 0 saturated carbocycles. The number of esters is 1. The van der Waals surface area contributed by atoms with Crippen LogP contribution >= 0.6 is 0 Å². The molecular weight excluding hydrogens is 344 g/mol. The molecule has 2 aromatic rings. The lowest BCUT2D eigenvalue weighted by Gasteiger charge is -2.19. The van der Waals surface area contributed by atoms with Crippen molar-refractivity contribution >= 4 is 23.5 Å². The molecule has 1 atom stereocenters. The molecule has 0 aromatic heterocycles. The average Bonchev–Trinajstić information content (AvgIpc) is 2.61. The second kappa shape index (κ2) is 8.03. The maximum Gasteiger partial charge on any atom is 0.338 e.